The maximum absolute atomic E-state index is 5.34. The zero-order chi connectivity index (χ0) is 14.2. The third kappa shape index (κ3) is 4.08. The standard InChI is InChI=1S/C17H21NO2/c1-19-13-15-9-7-14(8-10-15)11-18-12-16-5-3-4-6-17(16)20-2/h3-10,18H,11-13H2,1-2H3. The van der Waals surface area contributed by atoms with Gasteiger partial charge in [0.1, 0.15) is 5.75 Å². The molecule has 2 rings (SSSR count). The Balaban J connectivity index is 1.86. The van der Waals surface area contributed by atoms with Crippen LogP contribution in [0.4, 0.5) is 0 Å². The summed E-state index contributed by atoms with van der Waals surface area (Å²) < 4.78 is 10.4. The van der Waals surface area contributed by atoms with E-state index in [9.17, 15) is 0 Å². The second kappa shape index (κ2) is 7.68. The lowest BCUT2D eigenvalue weighted by Gasteiger charge is -2.09. The second-order valence-corrected chi connectivity index (χ2v) is 4.66. The van der Waals surface area contributed by atoms with E-state index in [1.54, 1.807) is 14.2 Å². The predicted octanol–water partition coefficient (Wildman–Crippen LogP) is 3.13. The number of nitrogens with one attached hydrogen (secondary N) is 1. The highest BCUT2D eigenvalue weighted by Gasteiger charge is 2.01. The first-order chi connectivity index (χ1) is 9.83. The molecular weight excluding hydrogens is 250 g/mol. The summed E-state index contributed by atoms with van der Waals surface area (Å²) in [6.07, 6.45) is 0. The molecule has 0 heterocycles. The largest absolute Gasteiger partial charge is 0.496 e. The molecule has 3 heteroatoms. The van der Waals surface area contributed by atoms with Gasteiger partial charge in [-0.3, -0.25) is 0 Å². The number of hydrogen-bond donors (Lipinski definition) is 1. The van der Waals surface area contributed by atoms with Gasteiger partial charge >= 0.3 is 0 Å². The molecule has 0 atom stereocenters. The Morgan fingerprint density at radius 3 is 2.25 bits per heavy atom. The van der Waals surface area contributed by atoms with E-state index in [0.717, 1.165) is 18.8 Å². The van der Waals surface area contributed by atoms with Gasteiger partial charge in [0.25, 0.3) is 0 Å². The number of rotatable bonds is 7. The van der Waals surface area contributed by atoms with Crippen molar-refractivity contribution in [3.05, 3.63) is 65.2 Å². The van der Waals surface area contributed by atoms with E-state index < -0.39 is 0 Å². The minimum Gasteiger partial charge on any atom is -0.496 e. The Morgan fingerprint density at radius 1 is 0.850 bits per heavy atom. The Labute approximate surface area is 120 Å². The first-order valence-corrected chi connectivity index (χ1v) is 6.73. The van der Waals surface area contributed by atoms with Crippen LogP contribution in [0.15, 0.2) is 48.5 Å². The molecule has 3 nitrogen and oxygen atoms in total. The summed E-state index contributed by atoms with van der Waals surface area (Å²) in [5.74, 6) is 0.926. The zero-order valence-electron chi connectivity index (χ0n) is 12.1. The first-order valence-electron chi connectivity index (χ1n) is 6.73. The number of ether oxygens (including phenoxy) is 2. The SMILES string of the molecule is COCc1ccc(CNCc2ccccc2OC)cc1. The maximum Gasteiger partial charge on any atom is 0.123 e. The molecule has 0 saturated carbocycles. The van der Waals surface area contributed by atoms with Gasteiger partial charge in [0.05, 0.1) is 13.7 Å². The van der Waals surface area contributed by atoms with Crippen molar-refractivity contribution in [2.45, 2.75) is 19.7 Å². The lowest BCUT2D eigenvalue weighted by molar-refractivity contribution is 0.185. The highest BCUT2D eigenvalue weighted by Crippen LogP contribution is 2.16. The van der Waals surface area contributed by atoms with Crippen LogP contribution in [-0.4, -0.2) is 14.2 Å². The summed E-state index contributed by atoms with van der Waals surface area (Å²) in [5, 5.41) is 3.43. The van der Waals surface area contributed by atoms with Crippen molar-refractivity contribution < 1.29 is 9.47 Å². The number of methoxy groups -OCH3 is 2. The fraction of sp³-hybridized carbons (Fsp3) is 0.294. The van der Waals surface area contributed by atoms with Gasteiger partial charge in [0.15, 0.2) is 0 Å². The van der Waals surface area contributed by atoms with E-state index in [-0.39, 0.29) is 0 Å². The molecule has 1 N–H and O–H groups in total. The molecule has 0 saturated heterocycles. The lowest BCUT2D eigenvalue weighted by Crippen LogP contribution is -2.13. The van der Waals surface area contributed by atoms with Crippen LogP contribution in [0.3, 0.4) is 0 Å². The third-order valence-electron chi connectivity index (χ3n) is 3.17. The molecule has 0 radical (unpaired) electrons. The van der Waals surface area contributed by atoms with Crippen molar-refractivity contribution in [2.75, 3.05) is 14.2 Å². The van der Waals surface area contributed by atoms with Gasteiger partial charge < -0.3 is 14.8 Å². The van der Waals surface area contributed by atoms with Gasteiger partial charge in [0, 0.05) is 25.8 Å². The van der Waals surface area contributed by atoms with E-state index in [4.69, 9.17) is 9.47 Å². The van der Waals surface area contributed by atoms with Crippen molar-refractivity contribution in [2.24, 2.45) is 0 Å². The molecule has 0 fully saturated rings. The Kier molecular flexibility index (Phi) is 5.59. The zero-order valence-corrected chi connectivity index (χ0v) is 12.1. The summed E-state index contributed by atoms with van der Waals surface area (Å²) in [6.45, 7) is 2.30. The van der Waals surface area contributed by atoms with Gasteiger partial charge in [-0.05, 0) is 17.2 Å². The molecule has 0 aromatic heterocycles. The van der Waals surface area contributed by atoms with E-state index in [1.807, 2.05) is 18.2 Å². The Morgan fingerprint density at radius 2 is 1.55 bits per heavy atom. The fourth-order valence-corrected chi connectivity index (χ4v) is 2.11. The van der Waals surface area contributed by atoms with Gasteiger partial charge in [-0.25, -0.2) is 0 Å². The van der Waals surface area contributed by atoms with Crippen molar-refractivity contribution in [1.82, 2.24) is 5.32 Å². The van der Waals surface area contributed by atoms with Gasteiger partial charge in [-0.15, -0.1) is 0 Å². The number of benzene rings is 2. The molecule has 0 aliphatic heterocycles. The van der Waals surface area contributed by atoms with Crippen LogP contribution in [0, 0.1) is 0 Å². The number of hydrogen-bond acceptors (Lipinski definition) is 3. The van der Waals surface area contributed by atoms with Gasteiger partial charge in [-0.2, -0.15) is 0 Å². The molecule has 0 amide bonds. The van der Waals surface area contributed by atoms with E-state index in [1.165, 1.54) is 16.7 Å². The molecule has 0 spiro atoms. The molecule has 20 heavy (non-hydrogen) atoms. The molecule has 2 aromatic carbocycles. The molecule has 2 aromatic rings. The summed E-state index contributed by atoms with van der Waals surface area (Å²) in [5.41, 5.74) is 3.63. The lowest BCUT2D eigenvalue weighted by atomic mass is 10.1. The van der Waals surface area contributed by atoms with E-state index >= 15 is 0 Å². The van der Waals surface area contributed by atoms with E-state index in [0.29, 0.717) is 6.61 Å². The minimum absolute atomic E-state index is 0.662. The maximum atomic E-state index is 5.34. The number of para-hydroxylation sites is 1. The van der Waals surface area contributed by atoms with Crippen LogP contribution in [-0.2, 0) is 24.4 Å². The van der Waals surface area contributed by atoms with Crippen LogP contribution in [0.25, 0.3) is 0 Å². The van der Waals surface area contributed by atoms with Crippen molar-refractivity contribution in [1.29, 1.82) is 0 Å². The minimum atomic E-state index is 0.662. The van der Waals surface area contributed by atoms with E-state index in [2.05, 4.69) is 35.6 Å². The first kappa shape index (κ1) is 14.6. The second-order valence-electron chi connectivity index (χ2n) is 4.66. The van der Waals surface area contributed by atoms with Gasteiger partial charge in [-0.1, -0.05) is 42.5 Å². The summed E-state index contributed by atoms with van der Waals surface area (Å²) in [4.78, 5) is 0. The quantitative estimate of drug-likeness (QED) is 0.839. The summed E-state index contributed by atoms with van der Waals surface area (Å²) in [6, 6.07) is 16.5. The fourth-order valence-electron chi connectivity index (χ4n) is 2.11. The van der Waals surface area contributed by atoms with Crippen molar-refractivity contribution >= 4 is 0 Å². The molecule has 106 valence electrons. The molecule has 0 aliphatic carbocycles. The molecular formula is C17H21NO2. The third-order valence-corrected chi connectivity index (χ3v) is 3.17. The Bertz CT molecular complexity index is 523. The average molecular weight is 271 g/mol. The topological polar surface area (TPSA) is 30.5 Å². The van der Waals surface area contributed by atoms with Crippen molar-refractivity contribution in [3.63, 3.8) is 0 Å². The monoisotopic (exact) mass is 271 g/mol. The Hall–Kier alpha value is -1.84. The highest BCUT2D eigenvalue weighted by atomic mass is 16.5. The highest BCUT2D eigenvalue weighted by molar-refractivity contribution is 5.33. The summed E-state index contributed by atoms with van der Waals surface area (Å²) >= 11 is 0. The van der Waals surface area contributed by atoms with Crippen LogP contribution in [0.5, 0.6) is 5.75 Å². The van der Waals surface area contributed by atoms with Crippen LogP contribution >= 0.6 is 0 Å². The molecule has 0 unspecified atom stereocenters. The molecule has 0 bridgehead atoms. The predicted molar refractivity (Wildman–Crippen MR) is 80.7 cm³/mol. The van der Waals surface area contributed by atoms with Crippen LogP contribution < -0.4 is 10.1 Å². The van der Waals surface area contributed by atoms with Crippen LogP contribution in [0.1, 0.15) is 16.7 Å². The molecule has 0 aliphatic rings. The van der Waals surface area contributed by atoms with Gasteiger partial charge in [0.2, 0.25) is 0 Å². The average Bonchev–Trinajstić information content (AvgIpc) is 2.50. The smallest absolute Gasteiger partial charge is 0.123 e. The van der Waals surface area contributed by atoms with Crippen molar-refractivity contribution in [3.8, 4) is 5.75 Å². The summed E-state index contributed by atoms with van der Waals surface area (Å²) in [7, 11) is 3.41. The van der Waals surface area contributed by atoms with Crippen LogP contribution in [0.2, 0.25) is 0 Å². The normalized spacial score (nSPS) is 10.5.